The fourth-order valence-corrected chi connectivity index (χ4v) is 2.55. The Morgan fingerprint density at radius 3 is 2.67 bits per heavy atom. The Bertz CT molecular complexity index is 547. The Morgan fingerprint density at radius 2 is 2.06 bits per heavy atom. The molecule has 18 heavy (non-hydrogen) atoms. The normalized spacial score (nSPS) is 12.4. The van der Waals surface area contributed by atoms with Gasteiger partial charge in [0.25, 0.3) is 0 Å². The minimum atomic E-state index is -0.627. The molecule has 0 aliphatic heterocycles. The maximum absolute atomic E-state index is 13.4. The monoisotopic (exact) mass is 289 g/mol. The molecule has 0 bridgehead atoms. The van der Waals surface area contributed by atoms with Crippen LogP contribution in [0.25, 0.3) is 0 Å². The third kappa shape index (κ3) is 2.98. The van der Waals surface area contributed by atoms with Crippen molar-refractivity contribution < 1.29 is 13.5 Å². The lowest BCUT2D eigenvalue weighted by atomic mass is 10.2. The van der Waals surface area contributed by atoms with Crippen LogP contribution >= 0.6 is 22.9 Å². The summed E-state index contributed by atoms with van der Waals surface area (Å²) in [4.78, 5) is 0.770. The molecule has 0 spiro atoms. The van der Waals surface area contributed by atoms with Crippen molar-refractivity contribution in [3.05, 3.63) is 51.2 Å². The van der Waals surface area contributed by atoms with Crippen molar-refractivity contribution in [1.29, 1.82) is 0 Å². The molecule has 2 nitrogen and oxygen atoms in total. The highest BCUT2D eigenvalue weighted by molar-refractivity contribution is 7.16. The van der Waals surface area contributed by atoms with E-state index in [1.807, 2.05) is 0 Å². The van der Waals surface area contributed by atoms with E-state index in [1.54, 1.807) is 12.1 Å². The van der Waals surface area contributed by atoms with Crippen LogP contribution in [0.2, 0.25) is 4.34 Å². The Balaban J connectivity index is 2.22. The number of ether oxygens (including phenoxy) is 1. The van der Waals surface area contributed by atoms with Gasteiger partial charge in [0.1, 0.15) is 11.9 Å². The molecule has 1 atom stereocenters. The minimum absolute atomic E-state index is 0.146. The number of halogens is 3. The smallest absolute Gasteiger partial charge is 0.165 e. The van der Waals surface area contributed by atoms with Crippen molar-refractivity contribution in [2.45, 2.75) is 6.10 Å². The highest BCUT2D eigenvalue weighted by Crippen LogP contribution is 2.31. The molecular formula is C12H10ClF2NOS. The van der Waals surface area contributed by atoms with E-state index >= 15 is 0 Å². The quantitative estimate of drug-likeness (QED) is 0.930. The van der Waals surface area contributed by atoms with Gasteiger partial charge in [-0.15, -0.1) is 11.3 Å². The fourth-order valence-electron chi connectivity index (χ4n) is 1.44. The average Bonchev–Trinajstić information content (AvgIpc) is 2.77. The molecule has 1 unspecified atom stereocenters. The van der Waals surface area contributed by atoms with Crippen LogP contribution in [0.15, 0.2) is 30.3 Å². The summed E-state index contributed by atoms with van der Waals surface area (Å²) in [5.74, 6) is -1.35. The molecule has 1 aromatic carbocycles. The van der Waals surface area contributed by atoms with E-state index in [-0.39, 0.29) is 12.3 Å². The molecule has 6 heteroatoms. The molecule has 96 valence electrons. The summed E-state index contributed by atoms with van der Waals surface area (Å²) in [5.41, 5.74) is 5.57. The van der Waals surface area contributed by atoms with Gasteiger partial charge >= 0.3 is 0 Å². The van der Waals surface area contributed by atoms with E-state index < -0.39 is 17.7 Å². The van der Waals surface area contributed by atoms with Gasteiger partial charge in [-0.2, -0.15) is 0 Å². The molecule has 0 radical (unpaired) electrons. The van der Waals surface area contributed by atoms with E-state index in [2.05, 4.69) is 0 Å². The number of hydrogen-bond donors (Lipinski definition) is 1. The van der Waals surface area contributed by atoms with Crippen LogP contribution in [0.4, 0.5) is 8.78 Å². The van der Waals surface area contributed by atoms with Gasteiger partial charge in [-0.1, -0.05) is 11.6 Å². The average molecular weight is 290 g/mol. The van der Waals surface area contributed by atoms with Gasteiger partial charge < -0.3 is 10.5 Å². The van der Waals surface area contributed by atoms with Crippen LogP contribution in [0, 0.1) is 11.6 Å². The predicted molar refractivity (Wildman–Crippen MR) is 68.1 cm³/mol. The van der Waals surface area contributed by atoms with Crippen molar-refractivity contribution in [1.82, 2.24) is 0 Å². The number of hydrogen-bond acceptors (Lipinski definition) is 3. The summed E-state index contributed by atoms with van der Waals surface area (Å²) in [6.45, 7) is 0.146. The molecule has 0 saturated carbocycles. The Labute approximate surface area is 112 Å². The second-order valence-electron chi connectivity index (χ2n) is 3.56. The van der Waals surface area contributed by atoms with Crippen molar-refractivity contribution in [3.8, 4) is 5.75 Å². The van der Waals surface area contributed by atoms with Crippen molar-refractivity contribution in [3.63, 3.8) is 0 Å². The molecular weight excluding hydrogens is 280 g/mol. The van der Waals surface area contributed by atoms with Crippen LogP contribution in [0.3, 0.4) is 0 Å². The highest BCUT2D eigenvalue weighted by atomic mass is 35.5. The van der Waals surface area contributed by atoms with E-state index in [0.717, 1.165) is 23.1 Å². The number of thiophene rings is 1. The predicted octanol–water partition coefficient (Wildman–Crippen LogP) is 3.76. The van der Waals surface area contributed by atoms with Gasteiger partial charge in [-0.25, -0.2) is 8.78 Å². The van der Waals surface area contributed by atoms with Gasteiger partial charge in [0.05, 0.1) is 4.34 Å². The summed E-state index contributed by atoms with van der Waals surface area (Å²) in [6, 6.07) is 6.49. The first kappa shape index (κ1) is 13.3. The largest absolute Gasteiger partial charge is 0.480 e. The molecule has 0 amide bonds. The highest BCUT2D eigenvalue weighted by Gasteiger charge is 2.16. The third-order valence-corrected chi connectivity index (χ3v) is 3.61. The van der Waals surface area contributed by atoms with Crippen LogP contribution in [-0.2, 0) is 0 Å². The molecule has 2 rings (SSSR count). The molecule has 1 aromatic heterocycles. The standard InChI is InChI=1S/C12H10ClF2NOS/c13-12-4-3-11(18-12)10(6-16)17-9-5-7(14)1-2-8(9)15/h1-5,10H,6,16H2. The summed E-state index contributed by atoms with van der Waals surface area (Å²) in [5, 5.41) is 0. The number of benzene rings is 1. The third-order valence-electron chi connectivity index (χ3n) is 2.29. The maximum atomic E-state index is 13.4. The summed E-state index contributed by atoms with van der Waals surface area (Å²) in [6.07, 6.45) is -0.543. The molecule has 2 N–H and O–H groups in total. The lowest BCUT2D eigenvalue weighted by molar-refractivity contribution is 0.207. The van der Waals surface area contributed by atoms with Crippen LogP contribution in [-0.4, -0.2) is 6.54 Å². The Kier molecular flexibility index (Phi) is 4.16. The topological polar surface area (TPSA) is 35.2 Å². The van der Waals surface area contributed by atoms with E-state index in [0.29, 0.717) is 4.34 Å². The SMILES string of the molecule is NCC(Oc1cc(F)ccc1F)c1ccc(Cl)s1. The zero-order valence-corrected chi connectivity index (χ0v) is 10.8. The van der Waals surface area contributed by atoms with Crippen molar-refractivity contribution in [2.24, 2.45) is 5.73 Å². The first-order valence-electron chi connectivity index (χ1n) is 5.17. The molecule has 0 aliphatic rings. The molecule has 0 saturated heterocycles. The summed E-state index contributed by atoms with van der Waals surface area (Å²) in [7, 11) is 0. The number of rotatable bonds is 4. The minimum Gasteiger partial charge on any atom is -0.480 e. The van der Waals surface area contributed by atoms with Crippen LogP contribution in [0.5, 0.6) is 5.75 Å². The van der Waals surface area contributed by atoms with E-state index in [1.165, 1.54) is 11.3 Å². The molecule has 1 heterocycles. The Morgan fingerprint density at radius 1 is 1.28 bits per heavy atom. The second kappa shape index (κ2) is 5.65. The first-order valence-corrected chi connectivity index (χ1v) is 6.36. The summed E-state index contributed by atoms with van der Waals surface area (Å²) < 4.78 is 32.4. The van der Waals surface area contributed by atoms with Gasteiger partial charge in [0.2, 0.25) is 0 Å². The molecule has 2 aromatic rings. The van der Waals surface area contributed by atoms with Gasteiger partial charge in [0.15, 0.2) is 11.6 Å². The first-order chi connectivity index (χ1) is 8.60. The molecule has 0 aliphatic carbocycles. The van der Waals surface area contributed by atoms with Gasteiger partial charge in [-0.3, -0.25) is 0 Å². The fraction of sp³-hybridized carbons (Fsp3) is 0.167. The zero-order chi connectivity index (χ0) is 13.1. The van der Waals surface area contributed by atoms with E-state index in [9.17, 15) is 8.78 Å². The molecule has 0 fully saturated rings. The maximum Gasteiger partial charge on any atom is 0.165 e. The summed E-state index contributed by atoms with van der Waals surface area (Å²) >= 11 is 7.10. The lowest BCUT2D eigenvalue weighted by Crippen LogP contribution is -2.17. The number of nitrogens with two attached hydrogens (primary N) is 1. The second-order valence-corrected chi connectivity index (χ2v) is 5.31. The van der Waals surface area contributed by atoms with E-state index in [4.69, 9.17) is 22.1 Å². The van der Waals surface area contributed by atoms with Crippen LogP contribution in [0.1, 0.15) is 11.0 Å². The Hall–Kier alpha value is -1.17. The zero-order valence-electron chi connectivity index (χ0n) is 9.20. The lowest BCUT2D eigenvalue weighted by Gasteiger charge is -2.16. The van der Waals surface area contributed by atoms with Crippen molar-refractivity contribution >= 4 is 22.9 Å². The van der Waals surface area contributed by atoms with Gasteiger partial charge in [-0.05, 0) is 24.3 Å². The van der Waals surface area contributed by atoms with Crippen LogP contribution < -0.4 is 10.5 Å². The van der Waals surface area contributed by atoms with Gasteiger partial charge in [0, 0.05) is 17.5 Å². The van der Waals surface area contributed by atoms with Crippen molar-refractivity contribution in [2.75, 3.05) is 6.54 Å².